The van der Waals surface area contributed by atoms with Crippen molar-refractivity contribution in [3.8, 4) is 0 Å². The van der Waals surface area contributed by atoms with Gasteiger partial charge in [-0.1, -0.05) is 108 Å². The van der Waals surface area contributed by atoms with Gasteiger partial charge in [0.25, 0.3) is 0 Å². The van der Waals surface area contributed by atoms with Crippen LogP contribution >= 0.6 is 0 Å². The molecule has 1 heterocycles. The quantitative estimate of drug-likeness (QED) is 0.0578. The Morgan fingerprint density at radius 3 is 2.26 bits per heavy atom. The monoisotopic (exact) mass is 581 g/mol. The van der Waals surface area contributed by atoms with Crippen molar-refractivity contribution in [1.29, 1.82) is 0 Å². The van der Waals surface area contributed by atoms with E-state index in [4.69, 9.17) is 9.47 Å². The van der Waals surface area contributed by atoms with Crippen LogP contribution in [0, 0.1) is 11.8 Å². The summed E-state index contributed by atoms with van der Waals surface area (Å²) in [6.45, 7) is 6.25. The minimum Gasteiger partial charge on any atom is -0.461 e. The Morgan fingerprint density at radius 2 is 1.62 bits per heavy atom. The van der Waals surface area contributed by atoms with Crippen LogP contribution in [0.1, 0.15) is 116 Å². The lowest BCUT2D eigenvalue weighted by Gasteiger charge is -2.37. The molecule has 0 spiro atoms. The topological polar surface area (TPSA) is 81.7 Å². The van der Waals surface area contributed by atoms with E-state index in [1.807, 2.05) is 44.2 Å². The number of esters is 2. The van der Waals surface area contributed by atoms with Crippen molar-refractivity contribution in [2.45, 2.75) is 135 Å². The first-order valence-electron chi connectivity index (χ1n) is 16.4. The fraction of sp³-hybridized carbons (Fsp3) is 0.639. The first-order chi connectivity index (χ1) is 20.4. The molecular weight excluding hydrogens is 526 g/mol. The molecule has 1 aliphatic rings. The molecule has 1 aromatic rings. The molecule has 1 fully saturated rings. The van der Waals surface area contributed by atoms with Crippen LogP contribution in [-0.4, -0.2) is 36.6 Å². The molecule has 2 rings (SSSR count). The molecule has 6 heteroatoms. The summed E-state index contributed by atoms with van der Waals surface area (Å²) in [6.07, 6.45) is 24.1. The molecule has 1 aromatic carbocycles. The van der Waals surface area contributed by atoms with Gasteiger partial charge in [-0.2, -0.15) is 0 Å². The molecule has 1 amide bonds. The first kappa shape index (κ1) is 35.3. The molecule has 1 unspecified atom stereocenters. The van der Waals surface area contributed by atoms with Gasteiger partial charge in [-0.15, -0.1) is 0 Å². The summed E-state index contributed by atoms with van der Waals surface area (Å²) in [5.74, 6) is -0.587. The summed E-state index contributed by atoms with van der Waals surface area (Å²) in [6, 6.07) is 9.27. The fourth-order valence-electron chi connectivity index (χ4n) is 5.39. The Hall–Kier alpha value is -2.89. The molecule has 0 bridgehead atoms. The molecule has 0 aliphatic carbocycles. The molecule has 1 N–H and O–H groups in total. The van der Waals surface area contributed by atoms with E-state index in [1.165, 1.54) is 38.5 Å². The third-order valence-corrected chi connectivity index (χ3v) is 7.83. The van der Waals surface area contributed by atoms with Crippen molar-refractivity contribution in [2.75, 3.05) is 0 Å². The lowest BCUT2D eigenvalue weighted by Crippen LogP contribution is -2.49. The Kier molecular flexibility index (Phi) is 18.3. The zero-order chi connectivity index (χ0) is 30.4. The summed E-state index contributed by atoms with van der Waals surface area (Å²) < 4.78 is 11.5. The van der Waals surface area contributed by atoms with Gasteiger partial charge >= 0.3 is 11.9 Å². The normalized spacial score (nSPS) is 18.1. The highest BCUT2D eigenvalue weighted by atomic mass is 16.6. The Morgan fingerprint density at radius 1 is 0.952 bits per heavy atom. The molecule has 6 nitrogen and oxygen atoms in total. The summed E-state index contributed by atoms with van der Waals surface area (Å²) in [5, 5.41) is 2.62. The highest BCUT2D eigenvalue weighted by Crippen LogP contribution is 2.31. The molecule has 0 aromatic heterocycles. The van der Waals surface area contributed by atoms with Crippen LogP contribution < -0.4 is 5.32 Å². The van der Waals surface area contributed by atoms with Crippen molar-refractivity contribution in [3.05, 3.63) is 60.2 Å². The zero-order valence-electron chi connectivity index (χ0n) is 26.3. The fourth-order valence-corrected chi connectivity index (χ4v) is 5.39. The second-order valence-corrected chi connectivity index (χ2v) is 12.1. The van der Waals surface area contributed by atoms with Gasteiger partial charge < -0.3 is 14.8 Å². The Balaban J connectivity index is 1.78. The Bertz CT molecular complexity index is 941. The maximum Gasteiger partial charge on any atom is 0.328 e. The number of unbranched alkanes of at least 4 members (excludes halogenated alkanes) is 8. The molecule has 0 saturated carbocycles. The van der Waals surface area contributed by atoms with Crippen molar-refractivity contribution >= 4 is 18.3 Å². The van der Waals surface area contributed by atoms with Gasteiger partial charge in [0.15, 0.2) is 0 Å². The second kappa shape index (κ2) is 21.8. The van der Waals surface area contributed by atoms with E-state index in [1.54, 1.807) is 0 Å². The number of allylic oxidation sites excluding steroid dienone is 4. The van der Waals surface area contributed by atoms with Crippen LogP contribution in [0.5, 0.6) is 0 Å². The highest BCUT2D eigenvalue weighted by molar-refractivity contribution is 5.79. The summed E-state index contributed by atoms with van der Waals surface area (Å²) in [5.41, 5.74) is 1.10. The highest BCUT2D eigenvalue weighted by Gasteiger charge is 2.44. The van der Waals surface area contributed by atoms with Gasteiger partial charge in [0.05, 0.1) is 5.92 Å². The average Bonchev–Trinajstić information content (AvgIpc) is 2.97. The van der Waals surface area contributed by atoms with E-state index < -0.39 is 12.0 Å². The number of amides is 1. The number of benzene rings is 1. The van der Waals surface area contributed by atoms with Crippen molar-refractivity contribution in [3.63, 3.8) is 0 Å². The number of hydrogen-bond donors (Lipinski definition) is 1. The maximum atomic E-state index is 13.0. The first-order valence-corrected chi connectivity index (χ1v) is 16.4. The number of carbonyl (C=O) groups is 3. The zero-order valence-corrected chi connectivity index (χ0v) is 26.3. The number of carbonyl (C=O) groups excluding carboxylic acids is 3. The SMILES string of the molecule is CCCCC/C=C\C/C=C\CCCCCCC[C@@H](C[C@H]1OC(=O)[C@@H]1Cc1ccccc1)OC(=O)C(CC(C)C)NC=O. The van der Waals surface area contributed by atoms with E-state index >= 15 is 0 Å². The minimum atomic E-state index is -0.668. The van der Waals surface area contributed by atoms with Gasteiger partial charge in [-0.25, -0.2) is 4.79 Å². The minimum absolute atomic E-state index is 0.189. The van der Waals surface area contributed by atoms with Crippen LogP contribution in [0.4, 0.5) is 0 Å². The predicted octanol–water partition coefficient (Wildman–Crippen LogP) is 8.05. The van der Waals surface area contributed by atoms with Crippen LogP contribution in [0.3, 0.4) is 0 Å². The number of nitrogens with one attached hydrogen (secondary N) is 1. The molecule has 0 radical (unpaired) electrons. The second-order valence-electron chi connectivity index (χ2n) is 12.1. The molecule has 234 valence electrons. The summed E-state index contributed by atoms with van der Waals surface area (Å²) in [7, 11) is 0. The Labute approximate surface area is 254 Å². The third-order valence-electron chi connectivity index (χ3n) is 7.83. The van der Waals surface area contributed by atoms with Crippen molar-refractivity contribution in [2.24, 2.45) is 11.8 Å². The third kappa shape index (κ3) is 14.8. The van der Waals surface area contributed by atoms with E-state index in [-0.39, 0.29) is 30.0 Å². The van der Waals surface area contributed by atoms with Gasteiger partial charge in [0.2, 0.25) is 6.41 Å². The van der Waals surface area contributed by atoms with Crippen LogP contribution in [0.2, 0.25) is 0 Å². The molecule has 1 aliphatic heterocycles. The number of rotatable bonds is 24. The predicted molar refractivity (Wildman–Crippen MR) is 170 cm³/mol. The summed E-state index contributed by atoms with van der Waals surface area (Å²) >= 11 is 0. The van der Waals surface area contributed by atoms with E-state index in [0.29, 0.717) is 25.7 Å². The van der Waals surface area contributed by atoms with E-state index in [0.717, 1.165) is 44.1 Å². The van der Waals surface area contributed by atoms with Gasteiger partial charge in [0.1, 0.15) is 18.2 Å². The average molecular weight is 582 g/mol. The van der Waals surface area contributed by atoms with Gasteiger partial charge in [-0.05, 0) is 69.3 Å². The maximum absolute atomic E-state index is 13.0. The number of hydrogen-bond acceptors (Lipinski definition) is 5. The largest absolute Gasteiger partial charge is 0.461 e. The molecule has 4 atom stereocenters. The molecule has 42 heavy (non-hydrogen) atoms. The smallest absolute Gasteiger partial charge is 0.328 e. The molecule has 1 saturated heterocycles. The van der Waals surface area contributed by atoms with Gasteiger partial charge in [-0.3, -0.25) is 9.59 Å². The van der Waals surface area contributed by atoms with E-state index in [9.17, 15) is 14.4 Å². The van der Waals surface area contributed by atoms with Crippen LogP contribution in [0.15, 0.2) is 54.6 Å². The number of cyclic esters (lactones) is 1. The van der Waals surface area contributed by atoms with Crippen molar-refractivity contribution in [1.82, 2.24) is 5.32 Å². The van der Waals surface area contributed by atoms with E-state index in [2.05, 4.69) is 36.5 Å². The van der Waals surface area contributed by atoms with Crippen LogP contribution in [0.25, 0.3) is 0 Å². The molecular formula is C36H55NO5. The van der Waals surface area contributed by atoms with Gasteiger partial charge in [0, 0.05) is 6.42 Å². The summed E-state index contributed by atoms with van der Waals surface area (Å²) in [4.78, 5) is 36.4. The lowest BCUT2D eigenvalue weighted by atomic mass is 9.86. The standard InChI is InChI=1S/C36H55NO5/c1-4-5-6-7-8-9-10-11-12-13-14-15-16-17-21-24-31(41-36(40)33(37-28-38)25-29(2)3)27-34-32(35(39)42-34)26-30-22-19-18-20-23-30/h8-9,11-12,18-20,22-23,28-29,31-34H,4-7,10,13-17,21,24-27H2,1-3H3,(H,37,38)/b9-8-,12-11-/t31-,32+,33?,34+/m0/s1. The van der Waals surface area contributed by atoms with Crippen molar-refractivity contribution < 1.29 is 23.9 Å². The number of ether oxygens (including phenoxy) is 2. The van der Waals surface area contributed by atoms with Crippen LogP contribution in [-0.2, 0) is 30.3 Å². The lowest BCUT2D eigenvalue weighted by molar-refractivity contribution is -0.189.